The lowest BCUT2D eigenvalue weighted by atomic mass is 10.1. The molecular formula is C25H33N5O. The van der Waals surface area contributed by atoms with Crippen LogP contribution >= 0.6 is 0 Å². The molecule has 0 aliphatic carbocycles. The Balaban J connectivity index is 1.60. The molecule has 6 heteroatoms. The molecule has 2 aromatic carbocycles. The Kier molecular flexibility index (Phi) is 6.59. The first-order valence-corrected chi connectivity index (χ1v) is 11.2. The zero-order valence-electron chi connectivity index (χ0n) is 18.7. The van der Waals surface area contributed by atoms with Crippen LogP contribution in [-0.4, -0.2) is 47.0 Å². The van der Waals surface area contributed by atoms with Gasteiger partial charge in [0.1, 0.15) is 6.17 Å². The maximum absolute atomic E-state index is 11.0. The first-order valence-electron chi connectivity index (χ1n) is 11.2. The quantitative estimate of drug-likeness (QED) is 0.545. The van der Waals surface area contributed by atoms with Crippen LogP contribution in [0, 0.1) is 0 Å². The van der Waals surface area contributed by atoms with Gasteiger partial charge in [-0.3, -0.25) is 4.90 Å². The van der Waals surface area contributed by atoms with Crippen LogP contribution in [0.3, 0.4) is 0 Å². The van der Waals surface area contributed by atoms with Gasteiger partial charge in [0.25, 0.3) is 0 Å². The van der Waals surface area contributed by atoms with Gasteiger partial charge in [-0.15, -0.1) is 0 Å². The van der Waals surface area contributed by atoms with Crippen LogP contribution in [-0.2, 0) is 0 Å². The number of hydrogen-bond donors (Lipinski definition) is 2. The Morgan fingerprint density at radius 2 is 1.61 bits per heavy atom. The number of rotatable bonds is 5. The molecule has 0 bridgehead atoms. The molecule has 0 radical (unpaired) electrons. The lowest BCUT2D eigenvalue weighted by molar-refractivity contribution is 0.168. The summed E-state index contributed by atoms with van der Waals surface area (Å²) in [5, 5.41) is 18.3. The fourth-order valence-electron chi connectivity index (χ4n) is 4.41. The first-order chi connectivity index (χ1) is 15.1. The standard InChI is InChI=1S/C25H33N5O/c1-19-23(25(31)30(28(19)3)22-15-9-5-10-16-22)26-20(2)27-24(21-13-7-4-8-14-21)29-17-11-6-12-18-29/h4-5,7-10,13-16,19,24,31H,6,11-12,17-18H2,1-3H3,(H,26,27). The van der Waals surface area contributed by atoms with Crippen molar-refractivity contribution >= 4 is 11.5 Å². The number of hydrazine groups is 1. The summed E-state index contributed by atoms with van der Waals surface area (Å²) < 4.78 is 0. The maximum Gasteiger partial charge on any atom is 0.228 e. The Bertz CT molecular complexity index is 921. The second-order valence-corrected chi connectivity index (χ2v) is 8.35. The molecule has 2 aromatic rings. The third kappa shape index (κ3) is 4.60. The number of anilines is 1. The predicted octanol–water partition coefficient (Wildman–Crippen LogP) is 4.66. The second kappa shape index (κ2) is 9.54. The van der Waals surface area contributed by atoms with Gasteiger partial charge in [-0.05, 0) is 44.4 Å². The lowest BCUT2D eigenvalue weighted by Crippen LogP contribution is -2.39. The van der Waals surface area contributed by atoms with Crippen molar-refractivity contribution in [1.29, 1.82) is 0 Å². The fraction of sp³-hybridized carbons (Fsp3) is 0.400. The zero-order chi connectivity index (χ0) is 21.8. The molecule has 31 heavy (non-hydrogen) atoms. The third-order valence-corrected chi connectivity index (χ3v) is 6.20. The molecular weight excluding hydrogens is 386 g/mol. The Labute approximate surface area is 185 Å². The number of likely N-dealkylation sites (N-methyl/N-ethyl adjacent to an activating group) is 1. The van der Waals surface area contributed by atoms with E-state index in [0.29, 0.717) is 0 Å². The van der Waals surface area contributed by atoms with E-state index in [0.717, 1.165) is 30.3 Å². The minimum atomic E-state index is -0.0172. The summed E-state index contributed by atoms with van der Waals surface area (Å²) in [7, 11) is 1.98. The zero-order valence-corrected chi connectivity index (χ0v) is 18.7. The van der Waals surface area contributed by atoms with Crippen molar-refractivity contribution in [2.45, 2.75) is 45.3 Å². The summed E-state index contributed by atoms with van der Waals surface area (Å²) >= 11 is 0. The normalized spacial score (nSPS) is 22.1. The molecule has 2 aliphatic rings. The van der Waals surface area contributed by atoms with E-state index in [-0.39, 0.29) is 18.1 Å². The average Bonchev–Trinajstić information content (AvgIpc) is 3.02. The van der Waals surface area contributed by atoms with Crippen molar-refractivity contribution in [3.8, 4) is 0 Å². The van der Waals surface area contributed by atoms with Gasteiger partial charge in [0.15, 0.2) is 0 Å². The molecule has 0 spiro atoms. The molecule has 1 saturated heterocycles. The molecule has 6 nitrogen and oxygen atoms in total. The topological polar surface area (TPSA) is 54.3 Å². The van der Waals surface area contributed by atoms with Gasteiger partial charge < -0.3 is 10.4 Å². The van der Waals surface area contributed by atoms with Gasteiger partial charge in [0.05, 0.1) is 23.3 Å². The van der Waals surface area contributed by atoms with Gasteiger partial charge in [0, 0.05) is 20.1 Å². The van der Waals surface area contributed by atoms with Crippen LogP contribution < -0.4 is 10.3 Å². The Morgan fingerprint density at radius 3 is 2.26 bits per heavy atom. The number of aliphatic imine (C=N–C) groups is 1. The number of benzene rings is 2. The molecule has 0 amide bonds. The third-order valence-electron chi connectivity index (χ3n) is 6.20. The number of amidine groups is 1. The van der Waals surface area contributed by atoms with Gasteiger partial charge in [-0.1, -0.05) is 55.0 Å². The van der Waals surface area contributed by atoms with E-state index in [1.807, 2.05) is 60.4 Å². The van der Waals surface area contributed by atoms with Crippen LogP contribution in [0.2, 0.25) is 0 Å². The molecule has 0 aromatic heterocycles. The number of para-hydroxylation sites is 1. The number of nitrogens with one attached hydrogen (secondary N) is 1. The smallest absolute Gasteiger partial charge is 0.228 e. The highest BCUT2D eigenvalue weighted by Gasteiger charge is 2.35. The number of hydrogen-bond acceptors (Lipinski definition) is 5. The minimum Gasteiger partial charge on any atom is -0.492 e. The van der Waals surface area contributed by atoms with Crippen molar-refractivity contribution in [3.05, 3.63) is 77.8 Å². The Morgan fingerprint density at radius 1 is 1.00 bits per heavy atom. The lowest BCUT2D eigenvalue weighted by Gasteiger charge is -2.33. The molecule has 164 valence electrons. The van der Waals surface area contributed by atoms with E-state index in [1.165, 1.54) is 24.8 Å². The summed E-state index contributed by atoms with van der Waals surface area (Å²) in [6.07, 6.45) is 3.70. The maximum atomic E-state index is 11.0. The summed E-state index contributed by atoms with van der Waals surface area (Å²) in [5.74, 6) is 1.01. The van der Waals surface area contributed by atoms with Crippen LogP contribution in [0.1, 0.15) is 44.8 Å². The van der Waals surface area contributed by atoms with E-state index in [4.69, 9.17) is 4.99 Å². The predicted molar refractivity (Wildman–Crippen MR) is 127 cm³/mol. The summed E-state index contributed by atoms with van der Waals surface area (Å²) in [5.41, 5.74) is 2.89. The number of aliphatic hydroxyl groups excluding tert-OH is 1. The first kappa shape index (κ1) is 21.4. The Hall–Kier alpha value is -2.83. The van der Waals surface area contributed by atoms with Gasteiger partial charge in [0.2, 0.25) is 5.88 Å². The molecule has 4 rings (SSSR count). The van der Waals surface area contributed by atoms with E-state index in [9.17, 15) is 5.11 Å². The van der Waals surface area contributed by atoms with Crippen molar-refractivity contribution in [2.75, 3.05) is 25.1 Å². The number of piperidine rings is 1. The van der Waals surface area contributed by atoms with Gasteiger partial charge in [-0.25, -0.2) is 15.0 Å². The van der Waals surface area contributed by atoms with Crippen molar-refractivity contribution in [2.24, 2.45) is 4.99 Å². The SMILES string of the molecule is C/C(=N\C(c1ccccc1)N1CCCCC1)NC1=C(O)N(c2ccccc2)N(C)C1C. The van der Waals surface area contributed by atoms with E-state index in [2.05, 4.69) is 41.4 Å². The molecule has 2 atom stereocenters. The van der Waals surface area contributed by atoms with Crippen LogP contribution in [0.15, 0.2) is 77.2 Å². The summed E-state index contributed by atoms with van der Waals surface area (Å²) in [6.45, 7) is 6.18. The molecule has 2 N–H and O–H groups in total. The van der Waals surface area contributed by atoms with E-state index >= 15 is 0 Å². The van der Waals surface area contributed by atoms with Crippen LogP contribution in [0.25, 0.3) is 0 Å². The monoisotopic (exact) mass is 419 g/mol. The van der Waals surface area contributed by atoms with Gasteiger partial charge >= 0.3 is 0 Å². The number of aliphatic hydroxyl groups is 1. The van der Waals surface area contributed by atoms with Crippen LogP contribution in [0.5, 0.6) is 0 Å². The van der Waals surface area contributed by atoms with E-state index < -0.39 is 0 Å². The fourth-order valence-corrected chi connectivity index (χ4v) is 4.41. The average molecular weight is 420 g/mol. The number of nitrogens with zero attached hydrogens (tertiary/aromatic N) is 4. The second-order valence-electron chi connectivity index (χ2n) is 8.35. The summed E-state index contributed by atoms with van der Waals surface area (Å²) in [6, 6.07) is 20.4. The molecule has 0 saturated carbocycles. The largest absolute Gasteiger partial charge is 0.492 e. The molecule has 2 unspecified atom stereocenters. The van der Waals surface area contributed by atoms with Crippen LogP contribution in [0.4, 0.5) is 5.69 Å². The van der Waals surface area contributed by atoms with Crippen molar-refractivity contribution in [1.82, 2.24) is 15.2 Å². The summed E-state index contributed by atoms with van der Waals surface area (Å²) in [4.78, 5) is 7.53. The van der Waals surface area contributed by atoms with Crippen molar-refractivity contribution in [3.63, 3.8) is 0 Å². The minimum absolute atomic E-state index is 0.00415. The molecule has 1 fully saturated rings. The van der Waals surface area contributed by atoms with Gasteiger partial charge in [-0.2, -0.15) is 0 Å². The van der Waals surface area contributed by atoms with E-state index in [1.54, 1.807) is 0 Å². The highest BCUT2D eigenvalue weighted by molar-refractivity contribution is 5.82. The molecule has 2 heterocycles. The highest BCUT2D eigenvalue weighted by atomic mass is 16.3. The van der Waals surface area contributed by atoms with Crippen molar-refractivity contribution < 1.29 is 5.11 Å². The molecule has 2 aliphatic heterocycles. The highest BCUT2D eigenvalue weighted by Crippen LogP contribution is 2.31. The number of likely N-dealkylation sites (tertiary alicyclic amines) is 1.